The van der Waals surface area contributed by atoms with Crippen LogP contribution in [0.15, 0.2) is 37.1 Å². The van der Waals surface area contributed by atoms with Gasteiger partial charge in [0.15, 0.2) is 11.5 Å². The van der Waals surface area contributed by atoms with Crippen molar-refractivity contribution >= 4 is 28.8 Å². The molecule has 1 amide bonds. The fraction of sp³-hybridized carbons (Fsp3) is 0.300. The Labute approximate surface area is 177 Å². The molecule has 10 heteroatoms. The first-order valence-electron chi connectivity index (χ1n) is 9.52. The van der Waals surface area contributed by atoms with Crippen LogP contribution < -0.4 is 5.32 Å². The lowest BCUT2D eigenvalue weighted by Gasteiger charge is -2.19. The molecule has 0 radical (unpaired) electrons. The van der Waals surface area contributed by atoms with Gasteiger partial charge in [0.05, 0.1) is 53.3 Å². The molecule has 0 saturated carbocycles. The quantitative estimate of drug-likeness (QED) is 0.544. The number of fused-ring (bicyclic) bond motifs is 3. The van der Waals surface area contributed by atoms with Crippen molar-refractivity contribution in [2.75, 3.05) is 5.32 Å². The molecular weight excluding hydrogens is 404 g/mol. The van der Waals surface area contributed by atoms with Crippen LogP contribution in [0.4, 0.5) is 5.69 Å². The van der Waals surface area contributed by atoms with Crippen molar-refractivity contribution in [1.29, 1.82) is 0 Å². The van der Waals surface area contributed by atoms with Crippen molar-refractivity contribution < 1.29 is 4.79 Å². The van der Waals surface area contributed by atoms with Crippen molar-refractivity contribution in [2.45, 2.75) is 38.5 Å². The number of imidazole rings is 1. The number of nitrogens with one attached hydrogen (secondary N) is 1. The van der Waals surface area contributed by atoms with E-state index in [-0.39, 0.29) is 17.2 Å². The highest BCUT2D eigenvalue weighted by Crippen LogP contribution is 2.47. The van der Waals surface area contributed by atoms with Gasteiger partial charge in [0.1, 0.15) is 0 Å². The zero-order chi connectivity index (χ0) is 21.0. The molecule has 1 aliphatic rings. The second kappa shape index (κ2) is 6.60. The Bertz CT molecular complexity index is 1280. The molecule has 1 atom stereocenters. The predicted octanol–water partition coefficient (Wildman–Crippen LogP) is 3.07. The van der Waals surface area contributed by atoms with Gasteiger partial charge in [-0.05, 0) is 30.4 Å². The number of carbonyl (C=O) groups excluding carboxylic acids is 1. The van der Waals surface area contributed by atoms with Gasteiger partial charge >= 0.3 is 0 Å². The zero-order valence-corrected chi connectivity index (χ0v) is 17.4. The Morgan fingerprint density at radius 2 is 2.00 bits per heavy atom. The number of amides is 1. The second-order valence-corrected chi connectivity index (χ2v) is 8.51. The highest BCUT2D eigenvalue weighted by Gasteiger charge is 2.43. The number of hydrogen-bond donors (Lipinski definition) is 1. The molecule has 1 aliphatic carbocycles. The molecule has 30 heavy (non-hydrogen) atoms. The third-order valence-electron chi connectivity index (χ3n) is 5.42. The van der Waals surface area contributed by atoms with E-state index in [2.05, 4.69) is 44.4 Å². The van der Waals surface area contributed by atoms with Crippen LogP contribution in [0.1, 0.15) is 43.0 Å². The molecule has 152 valence electrons. The van der Waals surface area contributed by atoms with E-state index in [1.54, 1.807) is 35.4 Å². The van der Waals surface area contributed by atoms with Gasteiger partial charge < -0.3 is 5.32 Å². The van der Waals surface area contributed by atoms with Gasteiger partial charge in [-0.3, -0.25) is 4.79 Å². The molecule has 5 rings (SSSR count). The van der Waals surface area contributed by atoms with Gasteiger partial charge in [0.2, 0.25) is 5.91 Å². The number of carbonyl (C=O) groups is 1. The first-order valence-corrected chi connectivity index (χ1v) is 9.90. The summed E-state index contributed by atoms with van der Waals surface area (Å²) >= 11 is 6.32. The summed E-state index contributed by atoms with van der Waals surface area (Å²) in [6, 6.07) is 1.64. The van der Waals surface area contributed by atoms with Gasteiger partial charge in [-0.2, -0.15) is 15.3 Å². The second-order valence-electron chi connectivity index (χ2n) is 8.10. The van der Waals surface area contributed by atoms with E-state index >= 15 is 0 Å². The lowest BCUT2D eigenvalue weighted by Crippen LogP contribution is -2.21. The molecule has 0 spiro atoms. The molecule has 0 aliphatic heterocycles. The van der Waals surface area contributed by atoms with Gasteiger partial charge in [0.25, 0.3) is 0 Å². The number of rotatable bonds is 3. The van der Waals surface area contributed by atoms with E-state index in [1.807, 2.05) is 13.1 Å². The summed E-state index contributed by atoms with van der Waals surface area (Å²) in [4.78, 5) is 23.4. The highest BCUT2D eigenvalue weighted by atomic mass is 35.5. The third kappa shape index (κ3) is 2.93. The van der Waals surface area contributed by atoms with Crippen LogP contribution in [0, 0.1) is 6.92 Å². The smallest absolute Gasteiger partial charge is 0.232 e. The number of aryl methyl sites for hydroxylation is 1. The van der Waals surface area contributed by atoms with Crippen LogP contribution in [0.3, 0.4) is 0 Å². The highest BCUT2D eigenvalue weighted by molar-refractivity contribution is 6.32. The summed E-state index contributed by atoms with van der Waals surface area (Å²) in [7, 11) is 0. The number of aromatic nitrogens is 7. The minimum Gasteiger partial charge on any atom is -0.324 e. The molecular formula is C20H19ClN8O. The van der Waals surface area contributed by atoms with Crippen LogP contribution in [0.5, 0.6) is 0 Å². The Morgan fingerprint density at radius 1 is 1.23 bits per heavy atom. The first kappa shape index (κ1) is 18.7. The van der Waals surface area contributed by atoms with Crippen molar-refractivity contribution in [1.82, 2.24) is 34.6 Å². The minimum absolute atomic E-state index is 0.126. The molecule has 4 aromatic heterocycles. The number of anilines is 1. The Kier molecular flexibility index (Phi) is 4.11. The normalized spacial score (nSPS) is 17.3. The van der Waals surface area contributed by atoms with E-state index in [4.69, 9.17) is 11.6 Å². The summed E-state index contributed by atoms with van der Waals surface area (Å²) in [5.74, 6) is -0.0666. The van der Waals surface area contributed by atoms with Gasteiger partial charge in [-0.15, -0.1) is 4.80 Å². The summed E-state index contributed by atoms with van der Waals surface area (Å²) in [6.45, 7) is 6.20. The maximum absolute atomic E-state index is 13.2. The van der Waals surface area contributed by atoms with Crippen LogP contribution in [-0.2, 0) is 10.2 Å². The van der Waals surface area contributed by atoms with Crippen molar-refractivity contribution in [3.05, 3.63) is 58.9 Å². The van der Waals surface area contributed by atoms with E-state index in [1.165, 1.54) is 4.80 Å². The van der Waals surface area contributed by atoms with Crippen LogP contribution in [0.25, 0.3) is 11.5 Å². The summed E-state index contributed by atoms with van der Waals surface area (Å²) in [5.41, 5.74) is 4.00. The lowest BCUT2D eigenvalue weighted by molar-refractivity contribution is -0.117. The van der Waals surface area contributed by atoms with E-state index in [0.29, 0.717) is 22.9 Å². The predicted molar refractivity (Wildman–Crippen MR) is 111 cm³/mol. The number of halogens is 1. The maximum atomic E-state index is 13.2. The fourth-order valence-corrected chi connectivity index (χ4v) is 4.42. The minimum atomic E-state index is -0.337. The van der Waals surface area contributed by atoms with E-state index in [0.717, 1.165) is 22.5 Å². The van der Waals surface area contributed by atoms with Crippen LogP contribution >= 0.6 is 11.6 Å². The number of nitrogens with zero attached hydrogens (tertiary/aromatic N) is 7. The largest absolute Gasteiger partial charge is 0.324 e. The Hall–Kier alpha value is -3.33. The van der Waals surface area contributed by atoms with Crippen molar-refractivity contribution in [2.24, 2.45) is 0 Å². The standard InChI is InChI=1S/C20H19ClN8O/c1-11-10-28-18(26-11)16-14(9-25-28)13(7-20(16,2)3)19(30)27-12-6-15(21)17(22-8-12)29-23-4-5-24-29/h4-6,8-10,13H,7H2,1-3H3,(H,27,30)/t13-/m1/s1. The Balaban J connectivity index is 1.46. The summed E-state index contributed by atoms with van der Waals surface area (Å²) < 4.78 is 1.78. The van der Waals surface area contributed by atoms with Gasteiger partial charge in [0, 0.05) is 5.56 Å². The summed E-state index contributed by atoms with van der Waals surface area (Å²) in [6.07, 6.45) is 8.96. The summed E-state index contributed by atoms with van der Waals surface area (Å²) in [5, 5.41) is 15.8. The molecule has 0 unspecified atom stereocenters. The van der Waals surface area contributed by atoms with E-state index in [9.17, 15) is 4.79 Å². The third-order valence-corrected chi connectivity index (χ3v) is 5.70. The number of pyridine rings is 1. The molecule has 0 aromatic carbocycles. The molecule has 0 saturated heterocycles. The first-order chi connectivity index (χ1) is 14.3. The monoisotopic (exact) mass is 422 g/mol. The topological polar surface area (TPSA) is 103 Å². The fourth-order valence-electron chi connectivity index (χ4n) is 4.18. The Morgan fingerprint density at radius 3 is 2.73 bits per heavy atom. The molecule has 4 heterocycles. The van der Waals surface area contributed by atoms with Crippen LogP contribution in [0.2, 0.25) is 5.02 Å². The van der Waals surface area contributed by atoms with Crippen molar-refractivity contribution in [3.63, 3.8) is 0 Å². The molecule has 4 aromatic rings. The average molecular weight is 423 g/mol. The van der Waals surface area contributed by atoms with Crippen LogP contribution in [-0.4, -0.2) is 40.5 Å². The average Bonchev–Trinajstić information content (AvgIpc) is 3.39. The molecule has 1 N–H and O–H groups in total. The maximum Gasteiger partial charge on any atom is 0.232 e. The molecule has 9 nitrogen and oxygen atoms in total. The van der Waals surface area contributed by atoms with E-state index < -0.39 is 0 Å². The van der Waals surface area contributed by atoms with Crippen molar-refractivity contribution in [3.8, 4) is 5.82 Å². The number of hydrogen-bond acceptors (Lipinski definition) is 6. The zero-order valence-electron chi connectivity index (χ0n) is 16.7. The molecule has 0 bridgehead atoms. The lowest BCUT2D eigenvalue weighted by atomic mass is 9.86. The SMILES string of the molecule is Cc1cn2ncc3c(c2n1)C(C)(C)C[C@H]3C(=O)Nc1cnc(-n2nccn2)c(Cl)c1. The van der Waals surface area contributed by atoms with Gasteiger partial charge in [-0.1, -0.05) is 25.4 Å². The molecule has 0 fully saturated rings. The van der Waals surface area contributed by atoms with Gasteiger partial charge in [-0.25, -0.2) is 14.5 Å².